The smallest absolute Gasteiger partial charge is 0.326 e. The average Bonchev–Trinajstić information content (AvgIpc) is 2.34. The molecule has 104 valence electrons. The Morgan fingerprint density at radius 3 is 2.39 bits per heavy atom. The van der Waals surface area contributed by atoms with E-state index in [2.05, 4.69) is 10.1 Å². The van der Waals surface area contributed by atoms with E-state index in [1.807, 2.05) is 0 Å². The van der Waals surface area contributed by atoms with E-state index in [4.69, 9.17) is 16.6 Å². The van der Waals surface area contributed by atoms with Crippen LogP contribution in [0.25, 0.3) is 0 Å². The van der Waals surface area contributed by atoms with Crippen molar-refractivity contribution in [3.63, 3.8) is 0 Å². The molecule has 0 aliphatic heterocycles. The van der Waals surface area contributed by atoms with Gasteiger partial charge < -0.3 is 26.6 Å². The summed E-state index contributed by atoms with van der Waals surface area (Å²) in [6.45, 7) is -0.392. The largest absolute Gasteiger partial charge is 0.480 e. The second-order valence-corrected chi connectivity index (χ2v) is 3.61. The summed E-state index contributed by atoms with van der Waals surface area (Å²) in [7, 11) is 0. The van der Waals surface area contributed by atoms with E-state index in [1.165, 1.54) is 0 Å². The number of amides is 1. The highest BCUT2D eigenvalue weighted by molar-refractivity contribution is 5.85. The van der Waals surface area contributed by atoms with Crippen LogP contribution in [0.15, 0.2) is 0 Å². The molecule has 6 N–H and O–H groups in total. The number of hydrogen-bond donors (Lipinski definition) is 4. The van der Waals surface area contributed by atoms with Gasteiger partial charge in [-0.25, -0.2) is 4.79 Å². The van der Waals surface area contributed by atoms with Crippen LogP contribution in [0.1, 0.15) is 19.3 Å². The van der Waals surface area contributed by atoms with Crippen molar-refractivity contribution in [3.05, 3.63) is 0 Å². The van der Waals surface area contributed by atoms with Crippen LogP contribution in [-0.2, 0) is 19.1 Å². The van der Waals surface area contributed by atoms with Gasteiger partial charge in [0.25, 0.3) is 5.91 Å². The highest BCUT2D eigenvalue weighted by Crippen LogP contribution is 2.00. The first-order valence-corrected chi connectivity index (χ1v) is 5.59. The molecule has 0 aliphatic rings. The number of aliphatic carboxylic acids is 1. The van der Waals surface area contributed by atoms with Crippen molar-refractivity contribution in [2.75, 3.05) is 19.7 Å². The van der Waals surface area contributed by atoms with Gasteiger partial charge in [0.1, 0.15) is 6.04 Å². The zero-order valence-corrected chi connectivity index (χ0v) is 10.1. The molecule has 0 aromatic rings. The SMILES string of the molecule is NCCCC[C@H](NC(=O)COC(=O)CN)C(=O)O. The maximum Gasteiger partial charge on any atom is 0.326 e. The summed E-state index contributed by atoms with van der Waals surface area (Å²) < 4.78 is 4.47. The van der Waals surface area contributed by atoms with Crippen LogP contribution in [0, 0.1) is 0 Å². The molecule has 0 spiro atoms. The second kappa shape index (κ2) is 9.37. The maximum absolute atomic E-state index is 11.3. The molecule has 18 heavy (non-hydrogen) atoms. The Morgan fingerprint density at radius 1 is 1.22 bits per heavy atom. The van der Waals surface area contributed by atoms with Crippen molar-refractivity contribution < 1.29 is 24.2 Å². The number of hydrogen-bond acceptors (Lipinski definition) is 6. The van der Waals surface area contributed by atoms with Gasteiger partial charge in [-0.3, -0.25) is 9.59 Å². The first kappa shape index (κ1) is 16.3. The molecule has 0 bridgehead atoms. The lowest BCUT2D eigenvalue weighted by Gasteiger charge is -2.14. The summed E-state index contributed by atoms with van der Waals surface area (Å²) in [6, 6.07) is -0.999. The van der Waals surface area contributed by atoms with E-state index in [0.717, 1.165) is 0 Å². The van der Waals surface area contributed by atoms with Gasteiger partial charge in [-0.05, 0) is 25.8 Å². The zero-order valence-electron chi connectivity index (χ0n) is 10.1. The predicted molar refractivity (Wildman–Crippen MR) is 62.5 cm³/mol. The molecule has 0 saturated heterocycles. The van der Waals surface area contributed by atoms with Crippen LogP contribution in [0.4, 0.5) is 0 Å². The third-order valence-electron chi connectivity index (χ3n) is 2.11. The Balaban J connectivity index is 4.03. The lowest BCUT2D eigenvalue weighted by atomic mass is 10.1. The van der Waals surface area contributed by atoms with Gasteiger partial charge in [-0.2, -0.15) is 0 Å². The van der Waals surface area contributed by atoms with Crippen molar-refractivity contribution in [2.24, 2.45) is 11.5 Å². The molecule has 0 unspecified atom stereocenters. The molecule has 0 saturated carbocycles. The Hall–Kier alpha value is -1.67. The number of esters is 1. The second-order valence-electron chi connectivity index (χ2n) is 3.61. The molecule has 8 nitrogen and oxygen atoms in total. The molecule has 1 atom stereocenters. The molecule has 0 heterocycles. The summed E-state index contributed by atoms with van der Waals surface area (Å²) in [5.74, 6) is -2.53. The standard InChI is InChI=1S/C10H19N3O5/c11-4-2-1-3-7(10(16)17)13-8(14)6-18-9(15)5-12/h7H,1-6,11-12H2,(H,13,14)(H,16,17)/t7-/m0/s1. The Labute approximate surface area is 105 Å². The van der Waals surface area contributed by atoms with Gasteiger partial charge in [0.2, 0.25) is 0 Å². The van der Waals surface area contributed by atoms with Crippen molar-refractivity contribution in [1.82, 2.24) is 5.32 Å². The molecule has 8 heteroatoms. The fraction of sp³-hybridized carbons (Fsp3) is 0.700. The number of nitrogens with two attached hydrogens (primary N) is 2. The van der Waals surface area contributed by atoms with Crippen LogP contribution in [0.5, 0.6) is 0 Å². The fourth-order valence-electron chi connectivity index (χ4n) is 1.19. The monoisotopic (exact) mass is 261 g/mol. The molecule has 0 aromatic carbocycles. The van der Waals surface area contributed by atoms with Crippen LogP contribution in [0.3, 0.4) is 0 Å². The third-order valence-corrected chi connectivity index (χ3v) is 2.11. The summed E-state index contributed by atoms with van der Waals surface area (Å²) in [6.07, 6.45) is 1.56. The van der Waals surface area contributed by atoms with Gasteiger partial charge in [0, 0.05) is 0 Å². The Kier molecular flexibility index (Phi) is 8.50. The normalized spacial score (nSPS) is 11.7. The summed E-state index contributed by atoms with van der Waals surface area (Å²) in [4.78, 5) is 32.8. The van der Waals surface area contributed by atoms with E-state index in [-0.39, 0.29) is 13.0 Å². The molecule has 0 rings (SSSR count). The third kappa shape index (κ3) is 7.58. The van der Waals surface area contributed by atoms with Crippen molar-refractivity contribution in [2.45, 2.75) is 25.3 Å². The highest BCUT2D eigenvalue weighted by Gasteiger charge is 2.19. The van der Waals surface area contributed by atoms with E-state index >= 15 is 0 Å². The molecule has 0 radical (unpaired) electrons. The first-order chi connectivity index (χ1) is 8.51. The van der Waals surface area contributed by atoms with E-state index in [0.29, 0.717) is 19.4 Å². The summed E-state index contributed by atoms with van der Waals surface area (Å²) in [5, 5.41) is 11.1. The highest BCUT2D eigenvalue weighted by atomic mass is 16.5. The number of rotatable bonds is 9. The number of carbonyl (C=O) groups excluding carboxylic acids is 2. The molecule has 0 aromatic heterocycles. The Morgan fingerprint density at radius 2 is 1.89 bits per heavy atom. The molecule has 1 amide bonds. The van der Waals surface area contributed by atoms with Gasteiger partial charge >= 0.3 is 11.9 Å². The maximum atomic E-state index is 11.3. The Bertz CT molecular complexity index is 295. The first-order valence-electron chi connectivity index (χ1n) is 5.59. The topological polar surface area (TPSA) is 145 Å². The lowest BCUT2D eigenvalue weighted by molar-refractivity contribution is -0.148. The predicted octanol–water partition coefficient (Wildman–Crippen LogP) is -1.81. The number of carboxylic acids is 1. The van der Waals surface area contributed by atoms with Crippen LogP contribution >= 0.6 is 0 Å². The quantitative estimate of drug-likeness (QED) is 0.282. The minimum Gasteiger partial charge on any atom is -0.480 e. The van der Waals surface area contributed by atoms with Crippen molar-refractivity contribution in [1.29, 1.82) is 0 Å². The number of carboxylic acid groups (broad SMARTS) is 1. The van der Waals surface area contributed by atoms with E-state index in [1.54, 1.807) is 0 Å². The van der Waals surface area contributed by atoms with Crippen molar-refractivity contribution in [3.8, 4) is 0 Å². The summed E-state index contributed by atoms with van der Waals surface area (Å²) in [5.41, 5.74) is 10.3. The number of carbonyl (C=O) groups is 3. The minimum absolute atomic E-state index is 0.281. The van der Waals surface area contributed by atoms with Gasteiger partial charge in [-0.1, -0.05) is 0 Å². The van der Waals surface area contributed by atoms with Crippen LogP contribution in [-0.4, -0.2) is 48.7 Å². The summed E-state index contributed by atoms with van der Waals surface area (Å²) >= 11 is 0. The lowest BCUT2D eigenvalue weighted by Crippen LogP contribution is -2.43. The molecule has 0 aliphatic carbocycles. The zero-order chi connectivity index (χ0) is 14.0. The fourth-order valence-corrected chi connectivity index (χ4v) is 1.19. The average molecular weight is 261 g/mol. The van der Waals surface area contributed by atoms with Gasteiger partial charge in [0.15, 0.2) is 6.61 Å². The van der Waals surface area contributed by atoms with Crippen LogP contribution in [0.2, 0.25) is 0 Å². The molecule has 0 fully saturated rings. The minimum atomic E-state index is -1.13. The number of nitrogens with one attached hydrogen (secondary N) is 1. The number of ether oxygens (including phenoxy) is 1. The number of unbranched alkanes of at least 4 members (excludes halogenated alkanes) is 1. The van der Waals surface area contributed by atoms with Crippen molar-refractivity contribution >= 4 is 17.8 Å². The van der Waals surface area contributed by atoms with Gasteiger partial charge in [-0.15, -0.1) is 0 Å². The van der Waals surface area contributed by atoms with E-state index < -0.39 is 30.5 Å². The van der Waals surface area contributed by atoms with Crippen LogP contribution < -0.4 is 16.8 Å². The van der Waals surface area contributed by atoms with Gasteiger partial charge in [0.05, 0.1) is 6.54 Å². The molecular weight excluding hydrogens is 242 g/mol. The molecular formula is C10H19N3O5. The van der Waals surface area contributed by atoms with E-state index in [9.17, 15) is 14.4 Å².